The van der Waals surface area contributed by atoms with Gasteiger partial charge in [-0.25, -0.2) is 4.98 Å². The summed E-state index contributed by atoms with van der Waals surface area (Å²) < 4.78 is 38.9. The largest absolute Gasteiger partial charge is 0.416 e. The number of nitrogens with one attached hydrogen (secondary N) is 1. The molecule has 146 valence electrons. The van der Waals surface area contributed by atoms with E-state index in [9.17, 15) is 13.2 Å². The second-order valence-electron chi connectivity index (χ2n) is 6.99. The number of benzene rings is 2. The highest BCUT2D eigenvalue weighted by Gasteiger charge is 2.30. The minimum atomic E-state index is -4.35. The number of piperidine rings is 1. The molecular formula is C21H21F3N4. The molecule has 2 aromatic carbocycles. The summed E-state index contributed by atoms with van der Waals surface area (Å²) in [6.07, 6.45) is -0.907. The first kappa shape index (κ1) is 18.5. The summed E-state index contributed by atoms with van der Waals surface area (Å²) in [6, 6.07) is 13.0. The summed E-state index contributed by atoms with van der Waals surface area (Å²) in [5.41, 5.74) is 0.731. The van der Waals surface area contributed by atoms with Crippen molar-refractivity contribution >= 4 is 22.7 Å². The van der Waals surface area contributed by atoms with E-state index in [0.717, 1.165) is 42.9 Å². The van der Waals surface area contributed by atoms with Gasteiger partial charge < -0.3 is 10.2 Å². The highest BCUT2D eigenvalue weighted by atomic mass is 19.4. The zero-order valence-electron chi connectivity index (χ0n) is 15.3. The maximum Gasteiger partial charge on any atom is 0.416 e. The number of aromatic nitrogens is 2. The Bertz CT molecular complexity index is 965. The number of anilines is 2. The molecule has 0 unspecified atom stereocenters. The number of hydrogen-bond donors (Lipinski definition) is 1. The number of rotatable bonds is 4. The van der Waals surface area contributed by atoms with Gasteiger partial charge in [0.1, 0.15) is 5.82 Å². The normalized spacial score (nSPS) is 15.0. The number of halogens is 3. The second-order valence-corrected chi connectivity index (χ2v) is 6.99. The van der Waals surface area contributed by atoms with Gasteiger partial charge in [-0.2, -0.15) is 18.2 Å². The van der Waals surface area contributed by atoms with Crippen LogP contribution in [0, 0.1) is 0 Å². The van der Waals surface area contributed by atoms with E-state index in [-0.39, 0.29) is 6.54 Å². The fraction of sp³-hybridized carbons (Fsp3) is 0.333. The van der Waals surface area contributed by atoms with Gasteiger partial charge in [0.2, 0.25) is 5.95 Å². The van der Waals surface area contributed by atoms with Crippen LogP contribution < -0.4 is 10.2 Å². The van der Waals surface area contributed by atoms with Gasteiger partial charge in [-0.1, -0.05) is 24.3 Å². The van der Waals surface area contributed by atoms with Crippen LogP contribution in [0.25, 0.3) is 10.9 Å². The minimum absolute atomic E-state index is 0.254. The Balaban J connectivity index is 1.62. The first-order valence-corrected chi connectivity index (χ1v) is 9.42. The monoisotopic (exact) mass is 386 g/mol. The van der Waals surface area contributed by atoms with E-state index in [0.29, 0.717) is 17.3 Å². The van der Waals surface area contributed by atoms with Crippen LogP contribution in [0.15, 0.2) is 48.5 Å². The van der Waals surface area contributed by atoms with Crippen LogP contribution in [0.5, 0.6) is 0 Å². The van der Waals surface area contributed by atoms with Crippen LogP contribution in [0.1, 0.15) is 30.4 Å². The summed E-state index contributed by atoms with van der Waals surface area (Å²) in [4.78, 5) is 11.6. The van der Waals surface area contributed by atoms with Gasteiger partial charge in [0.15, 0.2) is 0 Å². The lowest BCUT2D eigenvalue weighted by Gasteiger charge is -2.27. The molecule has 0 aliphatic carbocycles. The zero-order valence-corrected chi connectivity index (χ0v) is 15.3. The SMILES string of the molecule is FC(F)(F)c1cccc(CNc2nc(N3CCCCC3)nc3ccccc23)c1. The molecule has 0 spiro atoms. The van der Waals surface area contributed by atoms with E-state index in [1.54, 1.807) is 6.07 Å². The molecule has 1 aliphatic rings. The van der Waals surface area contributed by atoms with Gasteiger partial charge in [-0.05, 0) is 49.1 Å². The molecule has 0 radical (unpaired) electrons. The van der Waals surface area contributed by atoms with Crippen LogP contribution in [0.4, 0.5) is 24.9 Å². The summed E-state index contributed by atoms with van der Waals surface area (Å²) in [6.45, 7) is 2.10. The number of fused-ring (bicyclic) bond motifs is 1. The standard InChI is InChI=1S/C21H21F3N4/c22-21(23,24)16-8-6-7-15(13-16)14-25-19-17-9-2-3-10-18(17)26-20(27-19)28-11-4-1-5-12-28/h2-3,6-10,13H,1,4-5,11-12,14H2,(H,25,26,27). The fourth-order valence-electron chi connectivity index (χ4n) is 3.48. The van der Waals surface area contributed by atoms with E-state index in [2.05, 4.69) is 15.2 Å². The topological polar surface area (TPSA) is 41.1 Å². The van der Waals surface area contributed by atoms with Crippen molar-refractivity contribution in [2.45, 2.75) is 32.0 Å². The third-order valence-corrected chi connectivity index (χ3v) is 4.94. The van der Waals surface area contributed by atoms with Gasteiger partial charge in [-0.3, -0.25) is 0 Å². The predicted molar refractivity (Wildman–Crippen MR) is 104 cm³/mol. The van der Waals surface area contributed by atoms with Gasteiger partial charge >= 0.3 is 6.18 Å². The van der Waals surface area contributed by atoms with Crippen LogP contribution in [0.3, 0.4) is 0 Å². The molecule has 0 bridgehead atoms. The molecule has 1 aromatic heterocycles. The molecule has 4 rings (SSSR count). The van der Waals surface area contributed by atoms with Crippen molar-refractivity contribution in [3.05, 3.63) is 59.7 Å². The van der Waals surface area contributed by atoms with E-state index in [1.165, 1.54) is 18.6 Å². The molecule has 0 amide bonds. The summed E-state index contributed by atoms with van der Waals surface area (Å²) >= 11 is 0. The first-order chi connectivity index (χ1) is 13.5. The van der Waals surface area contributed by atoms with Crippen molar-refractivity contribution in [2.24, 2.45) is 0 Å². The van der Waals surface area contributed by atoms with Crippen molar-refractivity contribution in [3.8, 4) is 0 Å². The molecule has 3 aromatic rings. The molecule has 1 aliphatic heterocycles. The van der Waals surface area contributed by atoms with E-state index in [4.69, 9.17) is 4.98 Å². The third kappa shape index (κ3) is 4.03. The first-order valence-electron chi connectivity index (χ1n) is 9.42. The number of nitrogens with zero attached hydrogens (tertiary/aromatic N) is 3. The molecule has 0 saturated carbocycles. The van der Waals surface area contributed by atoms with Crippen molar-refractivity contribution in [1.82, 2.24) is 9.97 Å². The number of para-hydroxylation sites is 1. The Morgan fingerprint density at radius 3 is 2.50 bits per heavy atom. The Kier molecular flexibility index (Phi) is 5.07. The Labute approximate surface area is 161 Å². The van der Waals surface area contributed by atoms with Crippen molar-refractivity contribution in [1.29, 1.82) is 0 Å². The quantitative estimate of drug-likeness (QED) is 0.665. The van der Waals surface area contributed by atoms with Crippen molar-refractivity contribution in [3.63, 3.8) is 0 Å². The zero-order chi connectivity index (χ0) is 19.6. The average molecular weight is 386 g/mol. The van der Waals surface area contributed by atoms with Crippen LogP contribution in [-0.4, -0.2) is 23.1 Å². The molecule has 1 fully saturated rings. The highest BCUT2D eigenvalue weighted by molar-refractivity contribution is 5.90. The van der Waals surface area contributed by atoms with Gasteiger partial charge in [0.05, 0.1) is 11.1 Å². The summed E-state index contributed by atoms with van der Waals surface area (Å²) in [5, 5.41) is 4.07. The lowest BCUT2D eigenvalue weighted by molar-refractivity contribution is -0.137. The second kappa shape index (κ2) is 7.66. The molecule has 28 heavy (non-hydrogen) atoms. The van der Waals surface area contributed by atoms with Crippen molar-refractivity contribution < 1.29 is 13.2 Å². The molecule has 7 heteroatoms. The molecule has 0 atom stereocenters. The number of hydrogen-bond acceptors (Lipinski definition) is 4. The molecular weight excluding hydrogens is 365 g/mol. The van der Waals surface area contributed by atoms with E-state index in [1.807, 2.05) is 24.3 Å². The van der Waals surface area contributed by atoms with Gasteiger partial charge in [0, 0.05) is 25.0 Å². The van der Waals surface area contributed by atoms with Crippen LogP contribution >= 0.6 is 0 Å². The lowest BCUT2D eigenvalue weighted by atomic mass is 10.1. The Morgan fingerprint density at radius 2 is 1.71 bits per heavy atom. The predicted octanol–water partition coefficient (Wildman–Crippen LogP) is 5.25. The maximum atomic E-state index is 13.0. The molecule has 1 N–H and O–H groups in total. The average Bonchev–Trinajstić information content (AvgIpc) is 2.72. The van der Waals surface area contributed by atoms with E-state index < -0.39 is 11.7 Å². The van der Waals surface area contributed by atoms with Crippen molar-refractivity contribution in [2.75, 3.05) is 23.3 Å². The smallest absolute Gasteiger partial charge is 0.365 e. The number of alkyl halides is 3. The van der Waals surface area contributed by atoms with Gasteiger partial charge in [-0.15, -0.1) is 0 Å². The fourth-order valence-corrected chi connectivity index (χ4v) is 3.48. The lowest BCUT2D eigenvalue weighted by Crippen LogP contribution is -2.31. The summed E-state index contributed by atoms with van der Waals surface area (Å²) in [5.74, 6) is 1.31. The Morgan fingerprint density at radius 1 is 0.929 bits per heavy atom. The van der Waals surface area contributed by atoms with Gasteiger partial charge in [0.25, 0.3) is 0 Å². The van der Waals surface area contributed by atoms with Crippen LogP contribution in [0.2, 0.25) is 0 Å². The maximum absolute atomic E-state index is 13.0. The molecule has 4 nitrogen and oxygen atoms in total. The van der Waals surface area contributed by atoms with E-state index >= 15 is 0 Å². The minimum Gasteiger partial charge on any atom is -0.365 e. The molecule has 2 heterocycles. The highest BCUT2D eigenvalue weighted by Crippen LogP contribution is 2.30. The third-order valence-electron chi connectivity index (χ3n) is 4.94. The molecule has 1 saturated heterocycles. The van der Waals surface area contributed by atoms with Crippen LogP contribution in [-0.2, 0) is 12.7 Å². The Hall–Kier alpha value is -2.83. The summed E-state index contributed by atoms with van der Waals surface area (Å²) in [7, 11) is 0.